The molecule has 9 nitrogen and oxygen atoms in total. The lowest BCUT2D eigenvalue weighted by atomic mass is 10.1. The number of nitrogens with zero attached hydrogens (tertiary/aromatic N) is 5. The van der Waals surface area contributed by atoms with Crippen LogP contribution in [0, 0.1) is 17.0 Å². The van der Waals surface area contributed by atoms with Gasteiger partial charge in [0, 0.05) is 56.9 Å². The van der Waals surface area contributed by atoms with E-state index in [0.717, 1.165) is 66.8 Å². The standard InChI is InChI=1S/C18H24BrN5O4S2/c1-12-13(11-21-3-5-23(6-4-21)30(2)27)29-16-14(12)15(24(25)26)17(19)20-18(16)22-7-9-28-10-8-22/h3-11H2,1-2H3. The van der Waals surface area contributed by atoms with Crippen LogP contribution >= 0.6 is 27.3 Å². The summed E-state index contributed by atoms with van der Waals surface area (Å²) in [5, 5.41) is 12.5. The summed E-state index contributed by atoms with van der Waals surface area (Å²) in [5.41, 5.74) is 0.981. The number of aromatic nitrogens is 1. The summed E-state index contributed by atoms with van der Waals surface area (Å²) in [6, 6.07) is 0. The number of aryl methyl sites for hydroxylation is 1. The van der Waals surface area contributed by atoms with Gasteiger partial charge in [-0.15, -0.1) is 11.3 Å². The van der Waals surface area contributed by atoms with Crippen molar-refractivity contribution in [2.24, 2.45) is 0 Å². The van der Waals surface area contributed by atoms with Gasteiger partial charge in [0.2, 0.25) is 0 Å². The van der Waals surface area contributed by atoms with Crippen LogP contribution in [0.1, 0.15) is 10.4 Å². The van der Waals surface area contributed by atoms with Gasteiger partial charge in [-0.25, -0.2) is 13.5 Å². The molecule has 0 radical (unpaired) electrons. The summed E-state index contributed by atoms with van der Waals surface area (Å²) in [5.74, 6) is 0.788. The fourth-order valence-electron chi connectivity index (χ4n) is 3.96. The highest BCUT2D eigenvalue weighted by molar-refractivity contribution is 9.10. The van der Waals surface area contributed by atoms with Gasteiger partial charge in [-0.1, -0.05) is 0 Å². The molecule has 0 N–H and O–H groups in total. The molecule has 2 aromatic heterocycles. The molecule has 2 fully saturated rings. The molecule has 2 saturated heterocycles. The fraction of sp³-hybridized carbons (Fsp3) is 0.611. The van der Waals surface area contributed by atoms with Crippen molar-refractivity contribution in [2.75, 3.05) is 63.6 Å². The van der Waals surface area contributed by atoms with Crippen molar-refractivity contribution in [3.63, 3.8) is 0 Å². The Balaban J connectivity index is 1.71. The topological polar surface area (TPSA) is 92.0 Å². The van der Waals surface area contributed by atoms with Gasteiger partial charge < -0.3 is 9.64 Å². The van der Waals surface area contributed by atoms with Crippen molar-refractivity contribution in [1.82, 2.24) is 14.2 Å². The first-order valence-electron chi connectivity index (χ1n) is 9.76. The first-order chi connectivity index (χ1) is 14.4. The fourth-order valence-corrected chi connectivity index (χ4v) is 6.51. The molecule has 12 heteroatoms. The largest absolute Gasteiger partial charge is 0.378 e. The molecule has 0 amide bonds. The van der Waals surface area contributed by atoms with Crippen molar-refractivity contribution >= 4 is 59.8 Å². The van der Waals surface area contributed by atoms with E-state index in [1.165, 1.54) is 0 Å². The summed E-state index contributed by atoms with van der Waals surface area (Å²) >= 11 is 4.95. The van der Waals surface area contributed by atoms with Crippen LogP contribution in [0.3, 0.4) is 0 Å². The number of hydrogen-bond acceptors (Lipinski definition) is 8. The summed E-state index contributed by atoms with van der Waals surface area (Å²) in [4.78, 5) is 21.7. The van der Waals surface area contributed by atoms with E-state index in [2.05, 4.69) is 30.7 Å². The Hall–Kier alpha value is -1.18. The summed E-state index contributed by atoms with van der Waals surface area (Å²) in [7, 11) is -0.942. The molecule has 0 bridgehead atoms. The molecular formula is C18H24BrN5O4S2. The molecule has 4 rings (SSSR count). The molecular weight excluding hydrogens is 494 g/mol. The molecule has 164 valence electrons. The summed E-state index contributed by atoms with van der Waals surface area (Å²) in [6.07, 6.45) is 1.71. The van der Waals surface area contributed by atoms with E-state index in [9.17, 15) is 14.3 Å². The van der Waals surface area contributed by atoms with Crippen LogP contribution in [0.15, 0.2) is 4.60 Å². The number of hydrogen-bond donors (Lipinski definition) is 0. The number of rotatable bonds is 5. The average molecular weight is 518 g/mol. The van der Waals surface area contributed by atoms with Crippen LogP contribution in [0.5, 0.6) is 0 Å². The summed E-state index contributed by atoms with van der Waals surface area (Å²) < 4.78 is 20.3. The summed E-state index contributed by atoms with van der Waals surface area (Å²) in [6.45, 7) is 8.56. The maximum absolute atomic E-state index is 11.8. The van der Waals surface area contributed by atoms with Crippen LogP contribution in [0.25, 0.3) is 10.1 Å². The van der Waals surface area contributed by atoms with Crippen molar-refractivity contribution in [3.05, 3.63) is 25.2 Å². The van der Waals surface area contributed by atoms with Gasteiger partial charge in [0.25, 0.3) is 0 Å². The molecule has 4 heterocycles. The van der Waals surface area contributed by atoms with E-state index < -0.39 is 11.0 Å². The molecule has 2 aromatic rings. The number of pyridine rings is 1. The Bertz CT molecular complexity index is 987. The highest BCUT2D eigenvalue weighted by Crippen LogP contribution is 2.45. The minimum absolute atomic E-state index is 0.0354. The average Bonchev–Trinajstić information content (AvgIpc) is 3.04. The lowest BCUT2D eigenvalue weighted by molar-refractivity contribution is -0.384. The van der Waals surface area contributed by atoms with Crippen LogP contribution in [-0.4, -0.2) is 82.1 Å². The van der Waals surface area contributed by atoms with Crippen molar-refractivity contribution in [3.8, 4) is 0 Å². The smallest absolute Gasteiger partial charge is 0.310 e. The predicted molar refractivity (Wildman–Crippen MR) is 123 cm³/mol. The first kappa shape index (κ1) is 22.0. The Morgan fingerprint density at radius 2 is 1.90 bits per heavy atom. The van der Waals surface area contributed by atoms with E-state index in [0.29, 0.717) is 18.6 Å². The van der Waals surface area contributed by atoms with Gasteiger partial charge in [-0.05, 0) is 28.4 Å². The number of morpholine rings is 1. The Morgan fingerprint density at radius 3 is 2.50 bits per heavy atom. The highest BCUT2D eigenvalue weighted by Gasteiger charge is 2.30. The second-order valence-corrected chi connectivity index (χ2v) is 10.6. The number of nitro groups is 1. The number of piperazine rings is 1. The normalized spacial score (nSPS) is 20.0. The zero-order valence-corrected chi connectivity index (χ0v) is 20.1. The van der Waals surface area contributed by atoms with Gasteiger partial charge in [-0.2, -0.15) is 0 Å². The quantitative estimate of drug-likeness (QED) is 0.341. The van der Waals surface area contributed by atoms with Crippen LogP contribution in [0.2, 0.25) is 0 Å². The Morgan fingerprint density at radius 1 is 1.23 bits per heavy atom. The minimum atomic E-state index is -0.942. The van der Waals surface area contributed by atoms with Crippen molar-refractivity contribution in [1.29, 1.82) is 0 Å². The molecule has 1 atom stereocenters. The minimum Gasteiger partial charge on any atom is -0.378 e. The third-order valence-electron chi connectivity index (χ3n) is 5.64. The van der Waals surface area contributed by atoms with Crippen molar-refractivity contribution < 1.29 is 13.9 Å². The van der Waals surface area contributed by atoms with E-state index in [-0.39, 0.29) is 15.2 Å². The molecule has 0 aromatic carbocycles. The monoisotopic (exact) mass is 517 g/mol. The second kappa shape index (κ2) is 9.13. The Labute approximate surface area is 189 Å². The van der Waals surface area contributed by atoms with E-state index in [1.807, 2.05) is 11.2 Å². The maximum Gasteiger partial charge on any atom is 0.310 e. The first-order valence-corrected chi connectivity index (χ1v) is 12.9. The van der Waals surface area contributed by atoms with E-state index in [1.54, 1.807) is 17.6 Å². The van der Waals surface area contributed by atoms with Gasteiger partial charge in [0.05, 0.1) is 39.2 Å². The zero-order chi connectivity index (χ0) is 21.4. The SMILES string of the molecule is Cc1c(CN2CCN(S(C)=O)CC2)sc2c(N3CCOCC3)nc(Br)c([N+](=O)[O-])c12. The molecule has 1 unspecified atom stereocenters. The molecule has 2 aliphatic heterocycles. The Kier molecular flexibility index (Phi) is 6.70. The number of anilines is 1. The van der Waals surface area contributed by atoms with E-state index >= 15 is 0 Å². The third-order valence-corrected chi connectivity index (χ3v) is 8.56. The number of ether oxygens (including phenoxy) is 1. The highest BCUT2D eigenvalue weighted by atomic mass is 79.9. The zero-order valence-electron chi connectivity index (χ0n) is 16.9. The van der Waals surface area contributed by atoms with Crippen molar-refractivity contribution in [2.45, 2.75) is 13.5 Å². The molecule has 0 saturated carbocycles. The lowest BCUT2D eigenvalue weighted by Gasteiger charge is -2.32. The number of halogens is 1. The van der Waals surface area contributed by atoms with Crippen LogP contribution in [-0.2, 0) is 22.3 Å². The third kappa shape index (κ3) is 4.26. The molecule has 30 heavy (non-hydrogen) atoms. The molecule has 2 aliphatic rings. The molecule has 0 aliphatic carbocycles. The van der Waals surface area contributed by atoms with Gasteiger partial charge in [0.15, 0.2) is 4.60 Å². The van der Waals surface area contributed by atoms with Crippen LogP contribution < -0.4 is 4.90 Å². The van der Waals surface area contributed by atoms with Gasteiger partial charge in [-0.3, -0.25) is 15.0 Å². The molecule has 0 spiro atoms. The predicted octanol–water partition coefficient (Wildman–Crippen LogP) is 2.52. The second-order valence-electron chi connectivity index (χ2n) is 7.41. The number of fused-ring (bicyclic) bond motifs is 1. The van der Waals surface area contributed by atoms with Crippen LogP contribution in [0.4, 0.5) is 11.5 Å². The van der Waals surface area contributed by atoms with Gasteiger partial charge >= 0.3 is 5.69 Å². The van der Waals surface area contributed by atoms with E-state index in [4.69, 9.17) is 4.74 Å². The lowest BCUT2D eigenvalue weighted by Crippen LogP contribution is -2.46. The van der Waals surface area contributed by atoms with Gasteiger partial charge in [0.1, 0.15) is 5.82 Å². The maximum atomic E-state index is 11.8. The number of thiophene rings is 1.